The maximum Gasteiger partial charge on any atom is 0.253 e. The van der Waals surface area contributed by atoms with E-state index in [2.05, 4.69) is 15.0 Å². The van der Waals surface area contributed by atoms with Gasteiger partial charge in [0.15, 0.2) is 5.15 Å². The van der Waals surface area contributed by atoms with Crippen LogP contribution in [0.2, 0.25) is 5.15 Å². The van der Waals surface area contributed by atoms with Gasteiger partial charge in [0.05, 0.1) is 18.6 Å². The number of hydrogen-bond donors (Lipinski definition) is 0. The van der Waals surface area contributed by atoms with Crippen LogP contribution in [-0.4, -0.2) is 45.0 Å². The number of nitrogens with zero attached hydrogens (tertiary/aromatic N) is 4. The Kier molecular flexibility index (Phi) is 5.86. The number of rotatable bonds is 5. The van der Waals surface area contributed by atoms with Gasteiger partial charge in [-0.25, -0.2) is 0 Å². The lowest BCUT2D eigenvalue weighted by molar-refractivity contribution is 0.0587. The maximum atomic E-state index is 12.8. The second-order valence-electron chi connectivity index (χ2n) is 6.60. The molecule has 0 bridgehead atoms. The Morgan fingerprint density at radius 1 is 1.00 bits per heavy atom. The number of hydrogen-bond acceptors (Lipinski definition) is 6. The Balaban J connectivity index is 1.31. The van der Waals surface area contributed by atoms with Crippen molar-refractivity contribution in [1.82, 2.24) is 19.9 Å². The summed E-state index contributed by atoms with van der Waals surface area (Å²) < 4.78 is 11.5. The van der Waals surface area contributed by atoms with Crippen molar-refractivity contribution in [1.29, 1.82) is 0 Å². The number of carbonyl (C=O) groups excluding carboxylic acids is 1. The molecule has 0 atom stereocenters. The van der Waals surface area contributed by atoms with Crippen molar-refractivity contribution >= 4 is 17.5 Å². The topological polar surface area (TPSA) is 77.4 Å². The van der Waals surface area contributed by atoms with Crippen LogP contribution in [-0.2, 0) is 0 Å². The third kappa shape index (κ3) is 5.00. The fourth-order valence-corrected chi connectivity index (χ4v) is 3.26. The molecule has 1 aliphatic heterocycles. The summed E-state index contributed by atoms with van der Waals surface area (Å²) in [5, 5.41) is 0.297. The summed E-state index contributed by atoms with van der Waals surface area (Å²) in [5.74, 6) is 1.72. The second kappa shape index (κ2) is 8.87. The lowest BCUT2D eigenvalue weighted by Gasteiger charge is -2.32. The Morgan fingerprint density at radius 2 is 1.79 bits per heavy atom. The van der Waals surface area contributed by atoms with Crippen molar-refractivity contribution in [3.8, 4) is 17.4 Å². The van der Waals surface area contributed by atoms with Crippen LogP contribution in [0.1, 0.15) is 23.2 Å². The minimum atomic E-state index is -0.0120. The summed E-state index contributed by atoms with van der Waals surface area (Å²) in [5.41, 5.74) is 0.628. The lowest BCUT2D eigenvalue weighted by atomic mass is 10.1. The van der Waals surface area contributed by atoms with Crippen molar-refractivity contribution in [2.24, 2.45) is 0 Å². The van der Waals surface area contributed by atoms with Gasteiger partial charge in [0.2, 0.25) is 5.88 Å². The zero-order valence-corrected chi connectivity index (χ0v) is 16.3. The molecule has 7 nitrogen and oxygen atoms in total. The molecule has 0 unspecified atom stereocenters. The molecule has 3 aromatic rings. The van der Waals surface area contributed by atoms with E-state index in [9.17, 15) is 4.79 Å². The highest BCUT2D eigenvalue weighted by molar-refractivity contribution is 6.29. The molecule has 0 N–H and O–H groups in total. The van der Waals surface area contributed by atoms with Gasteiger partial charge in [-0.2, -0.15) is 4.98 Å². The van der Waals surface area contributed by atoms with Gasteiger partial charge in [0, 0.05) is 37.7 Å². The number of benzene rings is 1. The third-order valence-electron chi connectivity index (χ3n) is 4.57. The Labute approximate surface area is 173 Å². The number of aromatic nitrogens is 3. The van der Waals surface area contributed by atoms with Crippen LogP contribution >= 0.6 is 11.6 Å². The second-order valence-corrected chi connectivity index (χ2v) is 6.99. The van der Waals surface area contributed by atoms with E-state index in [1.807, 2.05) is 11.0 Å². The molecule has 1 aromatic carbocycles. The molecule has 0 saturated carbocycles. The highest BCUT2D eigenvalue weighted by atomic mass is 35.5. The Morgan fingerprint density at radius 3 is 2.48 bits per heavy atom. The van der Waals surface area contributed by atoms with E-state index in [0.717, 1.165) is 12.8 Å². The molecular weight excluding hydrogens is 392 g/mol. The summed E-state index contributed by atoms with van der Waals surface area (Å²) in [4.78, 5) is 26.7. The predicted octanol–water partition coefficient (Wildman–Crippen LogP) is 4.00. The smallest absolute Gasteiger partial charge is 0.253 e. The molecule has 1 aliphatic rings. The van der Waals surface area contributed by atoms with Crippen LogP contribution in [0.5, 0.6) is 17.4 Å². The van der Waals surface area contributed by atoms with Crippen molar-refractivity contribution in [2.75, 3.05) is 13.1 Å². The highest BCUT2D eigenvalue weighted by Gasteiger charge is 2.25. The van der Waals surface area contributed by atoms with Crippen molar-refractivity contribution in [2.45, 2.75) is 18.9 Å². The van der Waals surface area contributed by atoms with Gasteiger partial charge >= 0.3 is 0 Å². The molecule has 4 rings (SSSR count). The maximum absolute atomic E-state index is 12.8. The summed E-state index contributed by atoms with van der Waals surface area (Å²) in [6.45, 7) is 1.23. The number of piperidine rings is 1. The van der Waals surface area contributed by atoms with E-state index in [1.165, 1.54) is 6.20 Å². The first-order chi connectivity index (χ1) is 14.2. The molecule has 1 saturated heterocycles. The number of halogens is 1. The van der Waals surface area contributed by atoms with Gasteiger partial charge in [-0.05, 0) is 36.4 Å². The average Bonchev–Trinajstić information content (AvgIpc) is 2.75. The fraction of sp³-hybridized carbons (Fsp3) is 0.238. The zero-order valence-electron chi connectivity index (χ0n) is 15.6. The molecule has 1 amide bonds. The number of carbonyl (C=O) groups is 1. The number of likely N-dealkylation sites (tertiary alicyclic amines) is 1. The van der Waals surface area contributed by atoms with Gasteiger partial charge in [-0.3, -0.25) is 14.8 Å². The van der Waals surface area contributed by atoms with Crippen LogP contribution in [0.3, 0.4) is 0 Å². The fourth-order valence-electron chi connectivity index (χ4n) is 3.12. The highest BCUT2D eigenvalue weighted by Crippen LogP contribution is 2.23. The van der Waals surface area contributed by atoms with Gasteiger partial charge in [0.1, 0.15) is 17.6 Å². The summed E-state index contributed by atoms with van der Waals surface area (Å²) in [7, 11) is 0. The van der Waals surface area contributed by atoms with Gasteiger partial charge < -0.3 is 14.4 Å². The van der Waals surface area contributed by atoms with E-state index in [4.69, 9.17) is 21.1 Å². The summed E-state index contributed by atoms with van der Waals surface area (Å²) in [6.07, 6.45) is 7.76. The number of pyridine rings is 1. The summed E-state index contributed by atoms with van der Waals surface area (Å²) >= 11 is 5.83. The first-order valence-corrected chi connectivity index (χ1v) is 9.66. The van der Waals surface area contributed by atoms with Gasteiger partial charge in [-0.1, -0.05) is 11.6 Å². The largest absolute Gasteiger partial charge is 0.473 e. The molecule has 8 heteroatoms. The predicted molar refractivity (Wildman–Crippen MR) is 107 cm³/mol. The minimum absolute atomic E-state index is 0.000995. The molecule has 2 aromatic heterocycles. The van der Waals surface area contributed by atoms with E-state index in [0.29, 0.717) is 41.2 Å². The molecular formula is C21H19ClN4O3. The van der Waals surface area contributed by atoms with Crippen molar-refractivity contribution in [3.63, 3.8) is 0 Å². The number of ether oxygens (including phenoxy) is 2. The van der Waals surface area contributed by atoms with Crippen LogP contribution in [0.25, 0.3) is 0 Å². The summed E-state index contributed by atoms with van der Waals surface area (Å²) in [6, 6.07) is 10.8. The normalized spacial score (nSPS) is 14.4. The SMILES string of the molecule is O=C(c1ccc(Oc2cccnc2)cc1)N1CCC(Oc2cncc(Cl)n2)CC1. The van der Waals surface area contributed by atoms with Gasteiger partial charge in [-0.15, -0.1) is 0 Å². The first kappa shape index (κ1) is 19.1. The number of amides is 1. The van der Waals surface area contributed by atoms with Crippen LogP contribution in [0, 0.1) is 0 Å². The Bertz CT molecular complexity index is 961. The van der Waals surface area contributed by atoms with Crippen LogP contribution < -0.4 is 9.47 Å². The molecule has 1 fully saturated rings. The van der Waals surface area contributed by atoms with E-state index >= 15 is 0 Å². The Hall–Kier alpha value is -3.19. The quantitative estimate of drug-likeness (QED) is 0.632. The molecule has 0 spiro atoms. The molecule has 3 heterocycles. The van der Waals surface area contributed by atoms with Crippen LogP contribution in [0.4, 0.5) is 0 Å². The molecule has 0 radical (unpaired) electrons. The minimum Gasteiger partial charge on any atom is -0.473 e. The molecule has 148 valence electrons. The standard InChI is InChI=1S/C21H19ClN4O3/c22-19-13-24-14-20(25-19)29-17-7-10-26(11-8-17)21(27)15-3-5-16(6-4-15)28-18-2-1-9-23-12-18/h1-6,9,12-14,17H,7-8,10-11H2. The first-order valence-electron chi connectivity index (χ1n) is 9.29. The van der Waals surface area contributed by atoms with E-state index < -0.39 is 0 Å². The van der Waals surface area contributed by atoms with Crippen molar-refractivity contribution < 1.29 is 14.3 Å². The zero-order chi connectivity index (χ0) is 20.1. The lowest BCUT2D eigenvalue weighted by Crippen LogP contribution is -2.41. The monoisotopic (exact) mass is 410 g/mol. The molecule has 29 heavy (non-hydrogen) atoms. The van der Waals surface area contributed by atoms with Crippen molar-refractivity contribution in [3.05, 3.63) is 71.9 Å². The van der Waals surface area contributed by atoms with Gasteiger partial charge in [0.25, 0.3) is 5.91 Å². The average molecular weight is 411 g/mol. The van der Waals surface area contributed by atoms with E-state index in [-0.39, 0.29) is 12.0 Å². The van der Waals surface area contributed by atoms with E-state index in [1.54, 1.807) is 48.9 Å². The van der Waals surface area contributed by atoms with Crippen LogP contribution in [0.15, 0.2) is 61.2 Å². The third-order valence-corrected chi connectivity index (χ3v) is 4.75. The molecule has 0 aliphatic carbocycles.